The lowest BCUT2D eigenvalue weighted by atomic mass is 9.94. The predicted octanol–water partition coefficient (Wildman–Crippen LogP) is 4.45. The van der Waals surface area contributed by atoms with Crippen LogP contribution in [0.5, 0.6) is 5.75 Å². The summed E-state index contributed by atoms with van der Waals surface area (Å²) in [4.78, 5) is 10.7. The summed E-state index contributed by atoms with van der Waals surface area (Å²) in [6.45, 7) is 3.99. The average molecular weight is 458 g/mol. The van der Waals surface area contributed by atoms with Crippen molar-refractivity contribution in [3.63, 3.8) is 0 Å². The number of benzene rings is 2. The van der Waals surface area contributed by atoms with Crippen molar-refractivity contribution < 1.29 is 28.5 Å². The predicted molar refractivity (Wildman–Crippen MR) is 118 cm³/mol. The Labute approximate surface area is 187 Å². The van der Waals surface area contributed by atoms with Crippen LogP contribution in [0, 0.1) is 11.6 Å². The Hall–Kier alpha value is -2.22. The van der Waals surface area contributed by atoms with Gasteiger partial charge in [0.05, 0.1) is 13.2 Å². The highest BCUT2D eigenvalue weighted by molar-refractivity contribution is 5.85. The lowest BCUT2D eigenvalue weighted by Gasteiger charge is -2.28. The van der Waals surface area contributed by atoms with Crippen LogP contribution < -0.4 is 10.1 Å². The molecule has 0 aliphatic heterocycles. The van der Waals surface area contributed by atoms with Crippen molar-refractivity contribution in [2.75, 3.05) is 13.7 Å². The van der Waals surface area contributed by atoms with E-state index in [1.54, 1.807) is 7.11 Å². The lowest BCUT2D eigenvalue weighted by molar-refractivity contribution is -0.136. The van der Waals surface area contributed by atoms with Gasteiger partial charge in [-0.05, 0) is 68.5 Å². The Kier molecular flexibility index (Phi) is 10.4. The third-order valence-corrected chi connectivity index (χ3v) is 5.07. The maximum atomic E-state index is 14.2. The van der Waals surface area contributed by atoms with Crippen molar-refractivity contribution in [2.24, 2.45) is 0 Å². The molecule has 0 fully saturated rings. The van der Waals surface area contributed by atoms with E-state index in [1.165, 1.54) is 6.07 Å². The van der Waals surface area contributed by atoms with E-state index < -0.39 is 23.7 Å². The fourth-order valence-electron chi connectivity index (χ4n) is 3.13. The molecule has 2 aromatic carbocycles. The summed E-state index contributed by atoms with van der Waals surface area (Å²) in [7, 11) is 1.61. The van der Waals surface area contributed by atoms with Gasteiger partial charge in [-0.3, -0.25) is 4.79 Å². The molecule has 2 rings (SSSR count). The zero-order chi connectivity index (χ0) is 22.3. The Morgan fingerprint density at radius 1 is 1.13 bits per heavy atom. The van der Waals surface area contributed by atoms with Crippen molar-refractivity contribution in [1.29, 1.82) is 0 Å². The second-order valence-corrected chi connectivity index (χ2v) is 8.00. The van der Waals surface area contributed by atoms with E-state index in [-0.39, 0.29) is 42.9 Å². The molecule has 0 unspecified atom stereocenters. The monoisotopic (exact) mass is 457 g/mol. The Bertz CT molecular complexity index is 859. The molecule has 0 spiro atoms. The molecule has 0 aliphatic rings. The van der Waals surface area contributed by atoms with Crippen LogP contribution >= 0.6 is 12.4 Å². The zero-order valence-corrected chi connectivity index (χ0v) is 18.8. The van der Waals surface area contributed by atoms with Gasteiger partial charge >= 0.3 is 5.97 Å². The maximum Gasteiger partial charge on any atom is 0.303 e. The molecule has 0 saturated carbocycles. The molecule has 0 aliphatic carbocycles. The van der Waals surface area contributed by atoms with E-state index in [2.05, 4.69) is 5.32 Å². The molecule has 0 saturated heterocycles. The number of nitrogens with one attached hydrogen (secondary N) is 1. The van der Waals surface area contributed by atoms with Crippen LogP contribution in [0.2, 0.25) is 0 Å². The summed E-state index contributed by atoms with van der Waals surface area (Å²) in [6, 6.07) is 10.1. The molecular weight excluding hydrogens is 428 g/mol. The Morgan fingerprint density at radius 3 is 2.35 bits per heavy atom. The van der Waals surface area contributed by atoms with E-state index >= 15 is 0 Å². The number of aliphatic hydroxyl groups is 1. The molecule has 31 heavy (non-hydrogen) atoms. The number of methoxy groups -OCH3 is 1. The summed E-state index contributed by atoms with van der Waals surface area (Å²) < 4.78 is 33.2. The summed E-state index contributed by atoms with van der Waals surface area (Å²) in [5, 5.41) is 22.4. The first-order chi connectivity index (χ1) is 14.1. The van der Waals surface area contributed by atoms with E-state index in [4.69, 9.17) is 9.84 Å². The van der Waals surface area contributed by atoms with Crippen LogP contribution in [0.4, 0.5) is 8.78 Å². The molecule has 8 heteroatoms. The standard InChI is InChI=1S/C23H29F2NO4.ClH/c1-23(2,11-10-15-4-7-17(30-3)8-5-15)26-14-20(27)18-12-16(6-9-21(28)29)13-19(24)22(18)25;/h4-5,7-8,12-13,20,26-27H,6,9-11,14H2,1-3H3,(H,28,29);1H/t20-;/m1./s1. The topological polar surface area (TPSA) is 78.8 Å². The summed E-state index contributed by atoms with van der Waals surface area (Å²) >= 11 is 0. The number of carbonyl (C=O) groups is 1. The summed E-state index contributed by atoms with van der Waals surface area (Å²) in [5.74, 6) is -2.44. The maximum absolute atomic E-state index is 14.2. The van der Waals surface area contributed by atoms with Crippen LogP contribution in [-0.2, 0) is 17.6 Å². The molecule has 172 valence electrons. The van der Waals surface area contributed by atoms with E-state index in [0.29, 0.717) is 5.56 Å². The Balaban J connectivity index is 0.00000480. The van der Waals surface area contributed by atoms with E-state index in [0.717, 1.165) is 30.2 Å². The van der Waals surface area contributed by atoms with Crippen LogP contribution in [0.25, 0.3) is 0 Å². The number of hydrogen-bond acceptors (Lipinski definition) is 4. The molecule has 0 amide bonds. The lowest BCUT2D eigenvalue weighted by Crippen LogP contribution is -2.42. The van der Waals surface area contributed by atoms with Crippen LogP contribution in [0.1, 0.15) is 49.5 Å². The zero-order valence-electron chi connectivity index (χ0n) is 18.0. The van der Waals surface area contributed by atoms with Gasteiger partial charge in [0, 0.05) is 24.1 Å². The molecule has 3 N–H and O–H groups in total. The number of β-amino-alcohol motifs (C(OH)–C–C–N with tert-alkyl or cyclic N) is 1. The molecule has 1 atom stereocenters. The minimum atomic E-state index is -1.26. The van der Waals surface area contributed by atoms with Crippen LogP contribution in [-0.4, -0.2) is 35.4 Å². The molecule has 0 aromatic heterocycles. The number of aryl methyl sites for hydroxylation is 2. The number of aliphatic carboxylic acids is 1. The van der Waals surface area contributed by atoms with E-state index in [1.807, 2.05) is 38.1 Å². The van der Waals surface area contributed by atoms with Crippen LogP contribution in [0.15, 0.2) is 36.4 Å². The summed E-state index contributed by atoms with van der Waals surface area (Å²) in [6.07, 6.45) is 0.170. The third-order valence-electron chi connectivity index (χ3n) is 5.07. The van der Waals surface area contributed by atoms with Crippen LogP contribution in [0.3, 0.4) is 0 Å². The first-order valence-corrected chi connectivity index (χ1v) is 9.87. The van der Waals surface area contributed by atoms with Gasteiger partial charge in [0.25, 0.3) is 0 Å². The van der Waals surface area contributed by atoms with Gasteiger partial charge in [-0.15, -0.1) is 12.4 Å². The fourth-order valence-corrected chi connectivity index (χ4v) is 3.13. The minimum absolute atomic E-state index is 0. The van der Waals surface area contributed by atoms with Gasteiger partial charge in [-0.25, -0.2) is 8.78 Å². The largest absolute Gasteiger partial charge is 0.497 e. The molecule has 0 bridgehead atoms. The number of hydrogen-bond donors (Lipinski definition) is 3. The highest BCUT2D eigenvalue weighted by Gasteiger charge is 2.22. The molecular formula is C23H30ClF2NO4. The first kappa shape index (κ1) is 26.8. The quantitative estimate of drug-likeness (QED) is 0.464. The SMILES string of the molecule is COc1ccc(CCC(C)(C)NC[C@@H](O)c2cc(CCC(=O)O)cc(F)c2F)cc1.Cl. The molecule has 0 heterocycles. The van der Waals surface area contributed by atoms with Crippen molar-refractivity contribution in [2.45, 2.75) is 51.2 Å². The smallest absolute Gasteiger partial charge is 0.303 e. The van der Waals surface area contributed by atoms with Gasteiger partial charge in [0.2, 0.25) is 0 Å². The molecule has 0 radical (unpaired) electrons. The highest BCUT2D eigenvalue weighted by Crippen LogP contribution is 2.24. The minimum Gasteiger partial charge on any atom is -0.497 e. The van der Waals surface area contributed by atoms with Crippen molar-refractivity contribution in [1.82, 2.24) is 5.32 Å². The summed E-state index contributed by atoms with van der Waals surface area (Å²) in [5.41, 5.74) is 0.958. The number of rotatable bonds is 11. The second-order valence-electron chi connectivity index (χ2n) is 8.00. The fraction of sp³-hybridized carbons (Fsp3) is 0.435. The number of carboxylic acids is 1. The first-order valence-electron chi connectivity index (χ1n) is 9.87. The number of carboxylic acid groups (broad SMARTS) is 1. The third kappa shape index (κ3) is 8.44. The molecule has 5 nitrogen and oxygen atoms in total. The Morgan fingerprint density at radius 2 is 1.77 bits per heavy atom. The van der Waals surface area contributed by atoms with Gasteiger partial charge in [-0.2, -0.15) is 0 Å². The van der Waals surface area contributed by atoms with Gasteiger partial charge in [-0.1, -0.05) is 12.1 Å². The van der Waals surface area contributed by atoms with Gasteiger partial charge in [0.1, 0.15) is 5.75 Å². The highest BCUT2D eigenvalue weighted by atomic mass is 35.5. The normalized spacial score (nSPS) is 12.2. The van der Waals surface area contributed by atoms with Gasteiger partial charge in [0.15, 0.2) is 11.6 Å². The number of halogens is 3. The van der Waals surface area contributed by atoms with Crippen molar-refractivity contribution in [3.8, 4) is 5.75 Å². The van der Waals surface area contributed by atoms with E-state index in [9.17, 15) is 18.7 Å². The van der Waals surface area contributed by atoms with Crippen molar-refractivity contribution in [3.05, 3.63) is 64.7 Å². The second kappa shape index (κ2) is 12.0. The molecule has 2 aromatic rings. The number of ether oxygens (including phenoxy) is 1. The van der Waals surface area contributed by atoms with Crippen molar-refractivity contribution >= 4 is 18.4 Å². The van der Waals surface area contributed by atoms with Gasteiger partial charge < -0.3 is 20.3 Å². The average Bonchev–Trinajstić information content (AvgIpc) is 2.71. The number of aliphatic hydroxyl groups excluding tert-OH is 1.